The molecule has 0 atom stereocenters. The minimum absolute atomic E-state index is 0.284. The molecule has 0 unspecified atom stereocenters. The fraction of sp³-hybridized carbons (Fsp3) is 0.333. The number of hydrogen-bond donors (Lipinski definition) is 2. The zero-order chi connectivity index (χ0) is 12.0. The fourth-order valence-corrected chi connectivity index (χ4v) is 1.08. The smallest absolute Gasteiger partial charge is 0.248 e. The molecule has 16 heavy (non-hydrogen) atoms. The van der Waals surface area contributed by atoms with E-state index in [0.29, 0.717) is 0 Å². The lowest BCUT2D eigenvalue weighted by Gasteiger charge is -2.05. The van der Waals surface area contributed by atoms with E-state index in [1.165, 1.54) is 43.9 Å². The van der Waals surface area contributed by atoms with Crippen LogP contribution in [0.1, 0.15) is 46.4 Å². The van der Waals surface area contributed by atoms with Crippen LogP contribution < -0.4 is 11.5 Å². The van der Waals surface area contributed by atoms with E-state index in [0.717, 1.165) is 0 Å². The van der Waals surface area contributed by atoms with Gasteiger partial charge in [-0.15, -0.1) is 0 Å². The topological polar surface area (TPSA) is 86.2 Å². The number of primary amides is 2. The van der Waals surface area contributed by atoms with Crippen LogP contribution in [0.5, 0.6) is 0 Å². The van der Waals surface area contributed by atoms with E-state index < -0.39 is 11.8 Å². The maximum Gasteiger partial charge on any atom is 0.248 e. The quantitative estimate of drug-likeness (QED) is 0.790. The summed E-state index contributed by atoms with van der Waals surface area (Å²) in [6.45, 7) is 0. The first kappa shape index (κ1) is 12.2. The average molecular weight is 220 g/mol. The molecule has 0 radical (unpaired) electrons. The number of nitrogens with two attached hydrogens (primary N) is 2. The van der Waals surface area contributed by atoms with Gasteiger partial charge >= 0.3 is 0 Å². The Morgan fingerprint density at radius 1 is 0.875 bits per heavy atom. The van der Waals surface area contributed by atoms with E-state index in [1.807, 2.05) is 0 Å². The second-order valence-electron chi connectivity index (χ2n) is 3.72. The molecule has 4 heteroatoms. The second-order valence-corrected chi connectivity index (χ2v) is 3.72. The minimum atomic E-state index is -0.571. The van der Waals surface area contributed by atoms with Crippen molar-refractivity contribution in [3.63, 3.8) is 0 Å². The third-order valence-corrected chi connectivity index (χ3v) is 2.43. The van der Waals surface area contributed by atoms with Gasteiger partial charge in [-0.05, 0) is 18.2 Å². The summed E-state index contributed by atoms with van der Waals surface area (Å²) in [5, 5.41) is 0. The Hall–Kier alpha value is -1.84. The van der Waals surface area contributed by atoms with Crippen molar-refractivity contribution in [2.75, 3.05) is 0 Å². The van der Waals surface area contributed by atoms with Gasteiger partial charge in [-0.25, -0.2) is 0 Å². The number of rotatable bonds is 2. The monoisotopic (exact) mass is 220 g/mol. The lowest BCUT2D eigenvalue weighted by atomic mass is 10.0. The molecule has 1 aliphatic carbocycles. The Kier molecular flexibility index (Phi) is 4.51. The van der Waals surface area contributed by atoms with Gasteiger partial charge in [0, 0.05) is 11.1 Å². The Morgan fingerprint density at radius 3 is 1.50 bits per heavy atom. The molecule has 86 valence electrons. The van der Waals surface area contributed by atoms with Crippen molar-refractivity contribution in [2.24, 2.45) is 11.5 Å². The number of carbonyl (C=O) groups excluding carboxylic acids is 2. The molecule has 0 bridgehead atoms. The van der Waals surface area contributed by atoms with Crippen molar-refractivity contribution in [2.45, 2.75) is 25.7 Å². The second kappa shape index (κ2) is 5.90. The molecule has 4 N–H and O–H groups in total. The predicted molar refractivity (Wildman–Crippen MR) is 61.9 cm³/mol. The van der Waals surface area contributed by atoms with Crippen LogP contribution in [0.4, 0.5) is 0 Å². The van der Waals surface area contributed by atoms with E-state index in [4.69, 9.17) is 11.5 Å². The van der Waals surface area contributed by atoms with Gasteiger partial charge in [0.2, 0.25) is 11.8 Å². The first-order chi connectivity index (χ1) is 7.61. The zero-order valence-corrected chi connectivity index (χ0v) is 9.11. The Balaban J connectivity index is 0.000000267. The van der Waals surface area contributed by atoms with Crippen LogP contribution in [0.15, 0.2) is 24.3 Å². The fourth-order valence-electron chi connectivity index (χ4n) is 1.08. The normalized spacial score (nSPS) is 13.0. The molecular weight excluding hydrogens is 204 g/mol. The highest BCUT2D eigenvalue weighted by atomic mass is 16.1. The van der Waals surface area contributed by atoms with Crippen molar-refractivity contribution in [1.29, 1.82) is 0 Å². The molecule has 0 heterocycles. The van der Waals surface area contributed by atoms with Crippen molar-refractivity contribution in [1.82, 2.24) is 0 Å². The highest BCUT2D eigenvalue weighted by molar-refractivity contribution is 5.98. The number of hydrogen-bond acceptors (Lipinski definition) is 2. The number of carbonyl (C=O) groups is 2. The van der Waals surface area contributed by atoms with Crippen molar-refractivity contribution in [3.05, 3.63) is 35.4 Å². The molecule has 0 spiro atoms. The third kappa shape index (κ3) is 3.73. The van der Waals surface area contributed by atoms with Gasteiger partial charge in [-0.2, -0.15) is 0 Å². The molecule has 1 aromatic carbocycles. The largest absolute Gasteiger partial charge is 0.366 e. The van der Waals surface area contributed by atoms with Gasteiger partial charge in [0.05, 0.1) is 0 Å². The maximum absolute atomic E-state index is 10.6. The first-order valence-electron chi connectivity index (χ1n) is 5.31. The Bertz CT molecular complexity index is 351. The summed E-state index contributed by atoms with van der Waals surface area (Å²) in [4.78, 5) is 21.3. The third-order valence-electron chi connectivity index (χ3n) is 2.43. The van der Waals surface area contributed by atoms with Gasteiger partial charge in [0.1, 0.15) is 0 Å². The summed E-state index contributed by atoms with van der Waals surface area (Å²) in [5.74, 6) is -1.14. The SMILES string of the molecule is C1CCC1.NC(=O)c1cccc(C(N)=O)c1. The molecular formula is C12H16N2O2. The standard InChI is InChI=1S/C8H8N2O2.C4H8/c9-7(11)5-2-1-3-6(4-5)8(10)12;1-2-4-3-1/h1-4H,(H2,9,11)(H2,10,12);1-4H2. The molecule has 1 fully saturated rings. The molecule has 1 aliphatic rings. The Labute approximate surface area is 94.6 Å². The number of benzene rings is 1. The van der Waals surface area contributed by atoms with Gasteiger partial charge in [0.25, 0.3) is 0 Å². The van der Waals surface area contributed by atoms with Crippen LogP contribution in [0.25, 0.3) is 0 Å². The lowest BCUT2D eigenvalue weighted by Crippen LogP contribution is -2.14. The highest BCUT2D eigenvalue weighted by Gasteiger charge is 2.03. The molecule has 2 amide bonds. The summed E-state index contributed by atoms with van der Waals surface area (Å²) in [7, 11) is 0. The van der Waals surface area contributed by atoms with Crippen LogP contribution >= 0.6 is 0 Å². The van der Waals surface area contributed by atoms with Crippen molar-refractivity contribution < 1.29 is 9.59 Å². The molecule has 0 aromatic heterocycles. The van der Waals surface area contributed by atoms with E-state index in [-0.39, 0.29) is 11.1 Å². The van der Waals surface area contributed by atoms with E-state index >= 15 is 0 Å². The van der Waals surface area contributed by atoms with Gasteiger partial charge < -0.3 is 11.5 Å². The van der Waals surface area contributed by atoms with Crippen LogP contribution in [-0.4, -0.2) is 11.8 Å². The zero-order valence-electron chi connectivity index (χ0n) is 9.11. The summed E-state index contributed by atoms with van der Waals surface area (Å²) in [6, 6.07) is 5.97. The highest BCUT2D eigenvalue weighted by Crippen LogP contribution is 2.15. The first-order valence-corrected chi connectivity index (χ1v) is 5.31. The van der Waals surface area contributed by atoms with Crippen LogP contribution in [0, 0.1) is 0 Å². The van der Waals surface area contributed by atoms with Gasteiger partial charge in [-0.3, -0.25) is 9.59 Å². The van der Waals surface area contributed by atoms with Gasteiger partial charge in [-0.1, -0.05) is 31.7 Å². The van der Waals surface area contributed by atoms with Crippen molar-refractivity contribution >= 4 is 11.8 Å². The van der Waals surface area contributed by atoms with Crippen molar-refractivity contribution in [3.8, 4) is 0 Å². The summed E-state index contributed by atoms with van der Waals surface area (Å²) < 4.78 is 0. The summed E-state index contributed by atoms with van der Waals surface area (Å²) in [6.07, 6.45) is 6.00. The molecule has 0 saturated heterocycles. The Morgan fingerprint density at radius 2 is 1.25 bits per heavy atom. The average Bonchev–Trinajstić information content (AvgIpc) is 2.15. The van der Waals surface area contributed by atoms with E-state index in [1.54, 1.807) is 6.07 Å². The van der Waals surface area contributed by atoms with Crippen LogP contribution in [-0.2, 0) is 0 Å². The molecule has 0 aliphatic heterocycles. The molecule has 2 rings (SSSR count). The van der Waals surface area contributed by atoms with Crippen LogP contribution in [0.3, 0.4) is 0 Å². The van der Waals surface area contributed by atoms with E-state index in [9.17, 15) is 9.59 Å². The molecule has 4 nitrogen and oxygen atoms in total. The summed E-state index contributed by atoms with van der Waals surface area (Å²) in [5.41, 5.74) is 10.6. The lowest BCUT2D eigenvalue weighted by molar-refractivity contribution is 0.0999. The molecule has 1 saturated carbocycles. The minimum Gasteiger partial charge on any atom is -0.366 e. The predicted octanol–water partition coefficient (Wildman–Crippen LogP) is 1.44. The number of amides is 2. The van der Waals surface area contributed by atoms with Gasteiger partial charge in [0.15, 0.2) is 0 Å². The van der Waals surface area contributed by atoms with Crippen LogP contribution in [0.2, 0.25) is 0 Å². The maximum atomic E-state index is 10.6. The summed E-state index contributed by atoms with van der Waals surface area (Å²) >= 11 is 0. The van der Waals surface area contributed by atoms with E-state index in [2.05, 4.69) is 0 Å². The molecule has 1 aromatic rings.